The van der Waals surface area contributed by atoms with Crippen LogP contribution >= 0.6 is 23.2 Å². The number of nitrogens with one attached hydrogen (secondary N) is 2. The maximum Gasteiger partial charge on any atom is 0.431 e. The van der Waals surface area contributed by atoms with Gasteiger partial charge in [0.25, 0.3) is 5.91 Å². The molecule has 3 aliphatic rings. The van der Waals surface area contributed by atoms with Crippen molar-refractivity contribution in [2.75, 3.05) is 13.6 Å². The Morgan fingerprint density at radius 3 is 2.16 bits per heavy atom. The first-order valence-electron chi connectivity index (χ1n) is 14.4. The zero-order valence-electron chi connectivity index (χ0n) is 24.1. The number of nitrogens with zero attached hydrogens (tertiary/aromatic N) is 2. The number of ketones is 1. The van der Waals surface area contributed by atoms with Gasteiger partial charge in [-0.25, -0.2) is 4.39 Å². The Hall–Kier alpha value is -2.50. The summed E-state index contributed by atoms with van der Waals surface area (Å²) in [5, 5.41) is 9.66. The van der Waals surface area contributed by atoms with Gasteiger partial charge in [-0.05, 0) is 76.8 Å². The highest BCUT2D eigenvalue weighted by Gasteiger charge is 2.45. The monoisotopic (exact) mass is 646 g/mol. The van der Waals surface area contributed by atoms with Gasteiger partial charge in [0, 0.05) is 36.0 Å². The van der Waals surface area contributed by atoms with Gasteiger partial charge < -0.3 is 25.3 Å². The second-order valence-electron chi connectivity index (χ2n) is 12.2. The lowest BCUT2D eigenvalue weighted by molar-refractivity contribution is -0.132. The van der Waals surface area contributed by atoms with Gasteiger partial charge in [0.2, 0.25) is 0 Å². The molecule has 2 heterocycles. The Kier molecular flexibility index (Phi) is 10.3. The molecule has 2 bridgehead atoms. The fourth-order valence-corrected chi connectivity index (χ4v) is 7.37. The summed E-state index contributed by atoms with van der Waals surface area (Å²) in [6.07, 6.45) is 0.0160. The van der Waals surface area contributed by atoms with Crippen molar-refractivity contribution < 1.29 is 31.9 Å². The summed E-state index contributed by atoms with van der Waals surface area (Å²) < 4.78 is 57.7. The molecule has 1 amide bonds. The number of carbonyl (C=O) groups excluding carboxylic acids is 3. The second kappa shape index (κ2) is 13.2. The lowest BCUT2D eigenvalue weighted by Gasteiger charge is -2.42. The zero-order chi connectivity index (χ0) is 31.7. The molecule has 2 atom stereocenters. The van der Waals surface area contributed by atoms with Crippen LogP contribution < -0.4 is 5.32 Å². The van der Waals surface area contributed by atoms with Gasteiger partial charge in [0.05, 0.1) is 27.7 Å². The number of rotatable bonds is 10. The molecule has 1 aromatic carbocycles. The van der Waals surface area contributed by atoms with Crippen LogP contribution in [0.2, 0.25) is 10.0 Å². The quantitative estimate of drug-likeness (QED) is 0.101. The first-order valence-corrected chi connectivity index (χ1v) is 15.2. The van der Waals surface area contributed by atoms with Gasteiger partial charge in [-0.1, -0.05) is 30.1 Å². The summed E-state index contributed by atoms with van der Waals surface area (Å²) in [7, 11) is 1.97. The van der Waals surface area contributed by atoms with Crippen LogP contribution in [-0.4, -0.2) is 77.9 Å². The molecule has 0 radical (unpaired) electrons. The number of alkyl halides is 3. The van der Waals surface area contributed by atoms with Crippen molar-refractivity contribution in [3.8, 4) is 0 Å². The number of fused-ring (bicyclic) bond motifs is 2. The number of benzene rings is 1. The van der Waals surface area contributed by atoms with E-state index < -0.39 is 65.4 Å². The van der Waals surface area contributed by atoms with E-state index in [0.29, 0.717) is 38.5 Å². The topological polar surface area (TPSA) is 93.6 Å². The molecule has 2 saturated heterocycles. The minimum Gasteiger partial charge on any atom is -0.378 e. The van der Waals surface area contributed by atoms with Crippen LogP contribution in [0, 0.1) is 16.6 Å². The highest BCUT2D eigenvalue weighted by Crippen LogP contribution is 2.39. The molecular weight excluding hydrogens is 611 g/mol. The molecule has 1 aromatic rings. The molecule has 3 fully saturated rings. The maximum atomic E-state index is 14.6. The van der Waals surface area contributed by atoms with Crippen LogP contribution in [0.4, 0.5) is 17.6 Å². The van der Waals surface area contributed by atoms with Gasteiger partial charge in [0.15, 0.2) is 5.78 Å². The normalized spacial score (nSPS) is 28.2. The van der Waals surface area contributed by atoms with E-state index >= 15 is 0 Å². The molecule has 2 aliphatic heterocycles. The van der Waals surface area contributed by atoms with Crippen molar-refractivity contribution in [2.24, 2.45) is 5.41 Å². The predicted molar refractivity (Wildman–Crippen MR) is 156 cm³/mol. The molecule has 0 aromatic heterocycles. The third kappa shape index (κ3) is 7.42. The molecule has 1 aliphatic carbocycles. The number of piperidine rings is 1. The van der Waals surface area contributed by atoms with E-state index in [1.807, 2.05) is 7.05 Å². The van der Waals surface area contributed by atoms with Crippen molar-refractivity contribution in [1.29, 1.82) is 5.41 Å². The number of allylic oxidation sites excluding steroid dienone is 1. The van der Waals surface area contributed by atoms with Crippen molar-refractivity contribution in [2.45, 2.75) is 95.1 Å². The lowest BCUT2D eigenvalue weighted by Crippen LogP contribution is -2.53. The van der Waals surface area contributed by atoms with Crippen LogP contribution in [0.25, 0.3) is 0 Å². The Labute approximate surface area is 258 Å². The maximum absolute atomic E-state index is 14.6. The highest BCUT2D eigenvalue weighted by molar-refractivity contribution is 6.40. The number of carbonyl (C=O) groups is 3. The number of amides is 1. The van der Waals surface area contributed by atoms with Gasteiger partial charge >= 0.3 is 6.18 Å². The SMILES string of the molecule is CN1C2CCC1CC(N(CC(=O)c1c(Cl)cc(F)cc1Cl)C(=O)/C(CC=N)=C(/N[C@H]1CC[C@](C)(C=O)CC1)C(F)(F)F)C2. The minimum atomic E-state index is -4.95. The number of halogens is 6. The van der Waals surface area contributed by atoms with E-state index in [1.54, 1.807) is 6.92 Å². The Balaban J connectivity index is 1.73. The first-order chi connectivity index (χ1) is 20.2. The van der Waals surface area contributed by atoms with Gasteiger partial charge in [-0.15, -0.1) is 0 Å². The molecule has 4 rings (SSSR count). The van der Waals surface area contributed by atoms with Gasteiger partial charge in [-0.3, -0.25) is 9.59 Å². The van der Waals surface area contributed by atoms with Crippen molar-refractivity contribution >= 4 is 47.4 Å². The molecule has 1 saturated carbocycles. The Bertz CT molecular complexity index is 1260. The van der Waals surface area contributed by atoms with Gasteiger partial charge in [-0.2, -0.15) is 13.2 Å². The summed E-state index contributed by atoms with van der Waals surface area (Å²) in [5.41, 5.74) is -2.74. The summed E-state index contributed by atoms with van der Waals surface area (Å²) in [5.74, 6) is -2.50. The molecular formula is C30H36Cl2F4N4O3. The summed E-state index contributed by atoms with van der Waals surface area (Å²) >= 11 is 12.3. The standard InChI is InChI=1S/C30H36Cl2F4N4O3/c1-29(16-41)8-5-18(6-9-29)38-27(30(34,35)36)22(7-10-37)28(43)40(21-13-19-3-4-20(14-21)39(19)2)15-25(42)26-23(31)11-17(33)12-24(26)32/h10-12,16,18-21,37-38H,3-9,13-15H2,1-2H3/b27-22+,37-10?/t18-,19?,20?,21?,29-. The van der Waals surface area contributed by atoms with Crippen LogP contribution in [-0.2, 0) is 9.59 Å². The van der Waals surface area contributed by atoms with E-state index in [2.05, 4.69) is 10.2 Å². The third-order valence-corrected chi connectivity index (χ3v) is 9.88. The van der Waals surface area contributed by atoms with Crippen LogP contribution in [0.5, 0.6) is 0 Å². The largest absolute Gasteiger partial charge is 0.431 e. The summed E-state index contributed by atoms with van der Waals surface area (Å²) in [6, 6.07) is 0.822. The number of Topliss-reactive ketones (excluding diaryl/α,β-unsaturated/α-hetero) is 1. The first kappa shape index (κ1) is 33.4. The second-order valence-corrected chi connectivity index (χ2v) is 13.0. The van der Waals surface area contributed by atoms with E-state index in [4.69, 9.17) is 28.6 Å². The molecule has 0 spiro atoms. The third-order valence-electron chi connectivity index (χ3n) is 9.29. The number of hydrogen-bond acceptors (Lipinski definition) is 6. The zero-order valence-corrected chi connectivity index (χ0v) is 25.6. The molecule has 2 N–H and O–H groups in total. The molecule has 13 heteroatoms. The molecule has 43 heavy (non-hydrogen) atoms. The highest BCUT2D eigenvalue weighted by atomic mass is 35.5. The summed E-state index contributed by atoms with van der Waals surface area (Å²) in [4.78, 5) is 42.5. The van der Waals surface area contributed by atoms with Crippen molar-refractivity contribution in [1.82, 2.24) is 15.1 Å². The van der Waals surface area contributed by atoms with Crippen molar-refractivity contribution in [3.05, 3.63) is 44.8 Å². The van der Waals surface area contributed by atoms with Crippen LogP contribution in [0.1, 0.15) is 75.1 Å². The molecule has 236 valence electrons. The Morgan fingerprint density at radius 1 is 1.12 bits per heavy atom. The van der Waals surface area contributed by atoms with E-state index in [-0.39, 0.29) is 27.7 Å². The number of aldehydes is 1. The van der Waals surface area contributed by atoms with Crippen LogP contribution in [0.3, 0.4) is 0 Å². The average Bonchev–Trinajstić information content (AvgIpc) is 3.12. The van der Waals surface area contributed by atoms with E-state index in [1.165, 1.54) is 0 Å². The smallest absolute Gasteiger partial charge is 0.378 e. The minimum absolute atomic E-state index is 0.0943. The average molecular weight is 648 g/mol. The Morgan fingerprint density at radius 2 is 1.67 bits per heavy atom. The predicted octanol–water partition coefficient (Wildman–Crippen LogP) is 6.36. The van der Waals surface area contributed by atoms with E-state index in [0.717, 1.165) is 42.4 Å². The summed E-state index contributed by atoms with van der Waals surface area (Å²) in [6.45, 7) is 1.15. The molecule has 2 unspecified atom stereocenters. The fourth-order valence-electron chi connectivity index (χ4n) is 6.70. The fraction of sp³-hybridized carbons (Fsp3) is 0.600. The van der Waals surface area contributed by atoms with Crippen LogP contribution in [0.15, 0.2) is 23.4 Å². The number of hydrogen-bond donors (Lipinski definition) is 2. The van der Waals surface area contributed by atoms with E-state index in [9.17, 15) is 31.9 Å². The molecule has 7 nitrogen and oxygen atoms in total. The van der Waals surface area contributed by atoms with Crippen molar-refractivity contribution in [3.63, 3.8) is 0 Å². The lowest BCUT2D eigenvalue weighted by atomic mass is 9.75. The van der Waals surface area contributed by atoms with Gasteiger partial charge in [0.1, 0.15) is 17.8 Å².